The van der Waals surface area contributed by atoms with E-state index in [1.807, 2.05) is 6.07 Å². The number of aromatic hydroxyl groups is 1. The molecule has 1 N–H and O–H groups in total. The third kappa shape index (κ3) is 30.5. The van der Waals surface area contributed by atoms with Crippen molar-refractivity contribution in [1.29, 1.82) is 0 Å². The molecule has 0 saturated carbocycles. The lowest BCUT2D eigenvalue weighted by Gasteiger charge is -2.32. The molecule has 61 heavy (non-hydrogen) atoms. The summed E-state index contributed by atoms with van der Waals surface area (Å²) in [5.41, 5.74) is 1.91. The van der Waals surface area contributed by atoms with Crippen molar-refractivity contribution in [2.24, 2.45) is 11.8 Å². The molecule has 4 nitrogen and oxygen atoms in total. The minimum absolute atomic E-state index is 0.0832. The molecule has 0 radical (unpaired) electrons. The summed E-state index contributed by atoms with van der Waals surface area (Å²) < 4.78 is 18.1. The molecule has 0 aliphatic carbocycles. The van der Waals surface area contributed by atoms with Crippen molar-refractivity contribution in [3.8, 4) is 11.5 Å². The van der Waals surface area contributed by atoms with Crippen molar-refractivity contribution in [2.45, 2.75) is 285 Å². The molecule has 0 aromatic heterocycles. The first kappa shape index (κ1) is 57.8. The number of ether oxygens (including phenoxy) is 3. The molecule has 2 unspecified atom stereocenters. The van der Waals surface area contributed by atoms with Gasteiger partial charge in [-0.2, -0.15) is 0 Å². The topological polar surface area (TPSA) is 47.9 Å². The Balaban J connectivity index is 2.24. The molecular weight excluding hydrogens is 749 g/mol. The van der Waals surface area contributed by atoms with Crippen molar-refractivity contribution in [2.75, 3.05) is 33.5 Å². The predicted octanol–water partition coefficient (Wildman–Crippen LogP) is 18.6. The molecule has 4 heteroatoms. The second-order valence-electron chi connectivity index (χ2n) is 21.1. The number of methoxy groups -OCH3 is 1. The first-order chi connectivity index (χ1) is 29.5. The maximum atomic E-state index is 11.4. The van der Waals surface area contributed by atoms with Gasteiger partial charge in [0.1, 0.15) is 11.5 Å². The average molecular weight is 857 g/mol. The largest absolute Gasteiger partial charge is 0.508 e. The Morgan fingerprint density at radius 1 is 0.426 bits per heavy atom. The molecule has 0 saturated heterocycles. The van der Waals surface area contributed by atoms with Crippen molar-refractivity contribution in [3.63, 3.8) is 0 Å². The van der Waals surface area contributed by atoms with Gasteiger partial charge in [0.15, 0.2) is 0 Å². The maximum absolute atomic E-state index is 11.4. The molecule has 0 amide bonds. The van der Waals surface area contributed by atoms with Crippen molar-refractivity contribution in [1.82, 2.24) is 0 Å². The number of hydrogen-bond donors (Lipinski definition) is 1. The van der Waals surface area contributed by atoms with E-state index < -0.39 is 0 Å². The van der Waals surface area contributed by atoms with Gasteiger partial charge in [-0.25, -0.2) is 0 Å². The fourth-order valence-corrected chi connectivity index (χ4v) is 9.37. The summed E-state index contributed by atoms with van der Waals surface area (Å²) in [5, 5.41) is 11.4. The highest BCUT2D eigenvalue weighted by Crippen LogP contribution is 2.44. The van der Waals surface area contributed by atoms with Crippen molar-refractivity contribution >= 4 is 0 Å². The predicted molar refractivity (Wildman–Crippen MR) is 269 cm³/mol. The summed E-state index contributed by atoms with van der Waals surface area (Å²) in [6.45, 7) is 22.1. The van der Waals surface area contributed by atoms with Gasteiger partial charge < -0.3 is 19.3 Å². The van der Waals surface area contributed by atoms with Gasteiger partial charge in [-0.15, -0.1) is 0 Å². The highest BCUT2D eigenvalue weighted by atomic mass is 16.5. The minimum Gasteiger partial charge on any atom is -0.508 e. The van der Waals surface area contributed by atoms with Crippen LogP contribution in [0, 0.1) is 11.8 Å². The van der Waals surface area contributed by atoms with Gasteiger partial charge in [0, 0.05) is 37.6 Å². The van der Waals surface area contributed by atoms with E-state index in [1.165, 1.54) is 180 Å². The summed E-state index contributed by atoms with van der Waals surface area (Å²) >= 11 is 0. The normalized spacial score (nSPS) is 13.3. The van der Waals surface area contributed by atoms with Gasteiger partial charge >= 0.3 is 0 Å². The molecule has 0 fully saturated rings. The first-order valence-electron chi connectivity index (χ1n) is 27.1. The number of phenols is 1. The Hall–Kier alpha value is -1.26. The van der Waals surface area contributed by atoms with Crippen LogP contribution in [0.1, 0.15) is 285 Å². The number of unbranched alkanes of at least 4 members (excludes halogenated alkanes) is 24. The number of hydrogen-bond acceptors (Lipinski definition) is 4. The highest BCUT2D eigenvalue weighted by Gasteiger charge is 2.30. The van der Waals surface area contributed by atoms with Crippen LogP contribution >= 0.6 is 0 Å². The lowest BCUT2D eigenvalue weighted by Crippen LogP contribution is -2.22. The first-order valence-corrected chi connectivity index (χ1v) is 27.1. The lowest BCUT2D eigenvalue weighted by atomic mass is 9.75. The van der Waals surface area contributed by atoms with Crippen molar-refractivity contribution < 1.29 is 19.3 Å². The summed E-state index contributed by atoms with van der Waals surface area (Å²) in [6, 6.07) is 4.15. The molecule has 0 heterocycles. The Bertz CT molecular complexity index is 1110. The standard InChI is InChI=1S/C57H108O4/c1-10-12-14-16-18-20-22-24-26-28-30-32-34-44-60-46-40-50(3)38-36-42-56(5,6)52-49-55(59-9)53(48-54(52)58)57(7,8)43-37-39-51(4)41-47-61-45-35-33-31-29-27-25-23-21-19-17-15-13-11-2/h48-51,58H,10-47H2,1-9H3. The van der Waals surface area contributed by atoms with E-state index in [9.17, 15) is 5.11 Å². The molecule has 0 aliphatic heterocycles. The summed E-state index contributed by atoms with van der Waals surface area (Å²) in [5.74, 6) is 2.63. The van der Waals surface area contributed by atoms with E-state index in [0.29, 0.717) is 17.6 Å². The number of benzene rings is 1. The Kier molecular flexibility index (Phi) is 36.0. The molecule has 0 spiro atoms. The second kappa shape index (κ2) is 38.1. The summed E-state index contributed by atoms with van der Waals surface area (Å²) in [4.78, 5) is 0. The van der Waals surface area contributed by atoms with Crippen LogP contribution < -0.4 is 4.74 Å². The zero-order valence-electron chi connectivity index (χ0n) is 42.9. The monoisotopic (exact) mass is 857 g/mol. The highest BCUT2D eigenvalue weighted by molar-refractivity contribution is 5.51. The van der Waals surface area contributed by atoms with Gasteiger partial charge in [0.25, 0.3) is 0 Å². The molecule has 1 rings (SSSR count). The maximum Gasteiger partial charge on any atom is 0.123 e. The molecule has 0 bridgehead atoms. The number of rotatable bonds is 45. The Morgan fingerprint density at radius 3 is 1.10 bits per heavy atom. The third-order valence-corrected chi connectivity index (χ3v) is 14.1. The van der Waals surface area contributed by atoms with Crippen LogP contribution in [0.5, 0.6) is 11.5 Å². The van der Waals surface area contributed by atoms with Crippen LogP contribution in [-0.4, -0.2) is 38.6 Å². The third-order valence-electron chi connectivity index (χ3n) is 14.1. The van der Waals surface area contributed by atoms with Crippen LogP contribution in [0.4, 0.5) is 0 Å². The fraction of sp³-hybridized carbons (Fsp3) is 0.895. The molecule has 0 aliphatic rings. The Morgan fingerprint density at radius 2 is 0.754 bits per heavy atom. The Labute approximate surface area is 382 Å². The van der Waals surface area contributed by atoms with E-state index in [-0.39, 0.29) is 10.8 Å². The van der Waals surface area contributed by atoms with Crippen LogP contribution in [0.2, 0.25) is 0 Å². The molecular formula is C57H108O4. The van der Waals surface area contributed by atoms with Gasteiger partial charge in [-0.1, -0.05) is 235 Å². The van der Waals surface area contributed by atoms with Gasteiger partial charge in [0.05, 0.1) is 7.11 Å². The van der Waals surface area contributed by atoms with E-state index in [1.54, 1.807) is 7.11 Å². The zero-order valence-corrected chi connectivity index (χ0v) is 42.9. The van der Waals surface area contributed by atoms with Crippen LogP contribution in [-0.2, 0) is 20.3 Å². The molecule has 360 valence electrons. The molecule has 2 atom stereocenters. The fourth-order valence-electron chi connectivity index (χ4n) is 9.37. The van der Waals surface area contributed by atoms with E-state index in [2.05, 4.69) is 61.5 Å². The van der Waals surface area contributed by atoms with E-state index in [0.717, 1.165) is 81.8 Å². The molecule has 1 aromatic carbocycles. The number of phenolic OH excluding ortho intramolecular Hbond substituents is 1. The minimum atomic E-state index is -0.130. The summed E-state index contributed by atoms with van der Waals surface area (Å²) in [7, 11) is 1.78. The average Bonchev–Trinajstić information content (AvgIpc) is 3.23. The quantitative estimate of drug-likeness (QED) is 0.0664. The van der Waals surface area contributed by atoms with Crippen LogP contribution in [0.3, 0.4) is 0 Å². The van der Waals surface area contributed by atoms with E-state index >= 15 is 0 Å². The lowest BCUT2D eigenvalue weighted by molar-refractivity contribution is 0.116. The van der Waals surface area contributed by atoms with E-state index in [4.69, 9.17) is 14.2 Å². The van der Waals surface area contributed by atoms with Crippen LogP contribution in [0.15, 0.2) is 12.1 Å². The van der Waals surface area contributed by atoms with Gasteiger partial charge in [0.2, 0.25) is 0 Å². The second-order valence-corrected chi connectivity index (χ2v) is 21.1. The van der Waals surface area contributed by atoms with Gasteiger partial charge in [-0.3, -0.25) is 0 Å². The summed E-state index contributed by atoms with van der Waals surface area (Å²) in [6.07, 6.45) is 45.2. The van der Waals surface area contributed by atoms with Crippen LogP contribution in [0.25, 0.3) is 0 Å². The zero-order chi connectivity index (χ0) is 44.9. The smallest absolute Gasteiger partial charge is 0.123 e. The van der Waals surface area contributed by atoms with Crippen molar-refractivity contribution in [3.05, 3.63) is 23.3 Å². The molecule has 1 aromatic rings. The van der Waals surface area contributed by atoms with Gasteiger partial charge in [-0.05, 0) is 73.3 Å². The SMILES string of the molecule is CCCCCCCCCCCCCCCOCCC(C)CCCC(C)(C)c1cc(OC)c(C(C)(C)CCCC(C)CCOCCCCCCCCCCCCCCC)cc1O.